The molecular formula is C18H20ClN5. The van der Waals surface area contributed by atoms with E-state index in [1.165, 1.54) is 12.8 Å². The lowest BCUT2D eigenvalue weighted by Gasteiger charge is -2.35. The zero-order valence-corrected chi connectivity index (χ0v) is 14.4. The van der Waals surface area contributed by atoms with Crippen molar-refractivity contribution in [2.75, 3.05) is 6.54 Å². The van der Waals surface area contributed by atoms with E-state index in [-0.39, 0.29) is 0 Å². The molecule has 0 bridgehead atoms. The molecule has 3 aromatic heterocycles. The first-order valence-corrected chi connectivity index (χ1v) is 8.74. The van der Waals surface area contributed by atoms with Crippen molar-refractivity contribution in [1.29, 1.82) is 0 Å². The number of nitrogens with zero attached hydrogens (tertiary/aromatic N) is 5. The van der Waals surface area contributed by atoms with Gasteiger partial charge in [0, 0.05) is 24.5 Å². The van der Waals surface area contributed by atoms with Crippen LogP contribution < -0.4 is 0 Å². The predicted molar refractivity (Wildman–Crippen MR) is 94.0 cm³/mol. The molecule has 1 saturated heterocycles. The summed E-state index contributed by atoms with van der Waals surface area (Å²) in [6, 6.07) is 8.37. The summed E-state index contributed by atoms with van der Waals surface area (Å²) in [5, 5.41) is 5.00. The second-order valence-corrected chi connectivity index (χ2v) is 6.81. The number of aryl methyl sites for hydroxylation is 1. The summed E-state index contributed by atoms with van der Waals surface area (Å²) < 4.78 is 1.89. The van der Waals surface area contributed by atoms with Gasteiger partial charge in [0.25, 0.3) is 0 Å². The lowest BCUT2D eigenvalue weighted by molar-refractivity contribution is 0.135. The number of likely N-dealkylation sites (tertiary alicyclic amines) is 1. The summed E-state index contributed by atoms with van der Waals surface area (Å²) >= 11 is 5.95. The highest BCUT2D eigenvalue weighted by atomic mass is 35.5. The maximum absolute atomic E-state index is 5.95. The third-order valence-corrected chi connectivity index (χ3v) is 4.89. The first-order valence-electron chi connectivity index (χ1n) is 8.36. The van der Waals surface area contributed by atoms with Crippen molar-refractivity contribution in [3.05, 3.63) is 58.8 Å². The molecule has 1 fully saturated rings. The van der Waals surface area contributed by atoms with E-state index in [2.05, 4.69) is 28.0 Å². The average molecular weight is 342 g/mol. The Kier molecular flexibility index (Phi) is 4.21. The fourth-order valence-corrected chi connectivity index (χ4v) is 3.60. The summed E-state index contributed by atoms with van der Waals surface area (Å²) in [6.45, 7) is 3.98. The first-order chi connectivity index (χ1) is 11.7. The summed E-state index contributed by atoms with van der Waals surface area (Å²) in [5.74, 6) is 0. The van der Waals surface area contributed by atoms with Crippen molar-refractivity contribution >= 4 is 17.2 Å². The van der Waals surface area contributed by atoms with Crippen LogP contribution in [-0.2, 0) is 6.54 Å². The zero-order valence-electron chi connectivity index (χ0n) is 13.7. The van der Waals surface area contributed by atoms with Gasteiger partial charge in [-0.25, -0.2) is 9.50 Å². The third kappa shape index (κ3) is 3.01. The normalized spacial score (nSPS) is 19.0. The Hall–Kier alpha value is -1.98. The lowest BCUT2D eigenvalue weighted by atomic mass is 9.98. The van der Waals surface area contributed by atoms with Gasteiger partial charge in [-0.05, 0) is 44.5 Å². The summed E-state index contributed by atoms with van der Waals surface area (Å²) in [5.41, 5.74) is 4.22. The van der Waals surface area contributed by atoms with Gasteiger partial charge in [0.05, 0.1) is 28.6 Å². The Bertz CT molecular complexity index is 842. The van der Waals surface area contributed by atoms with Crippen molar-refractivity contribution in [2.45, 2.75) is 38.8 Å². The van der Waals surface area contributed by atoms with Crippen LogP contribution in [0.5, 0.6) is 0 Å². The fourth-order valence-electron chi connectivity index (χ4n) is 3.49. The van der Waals surface area contributed by atoms with Crippen LogP contribution in [0.3, 0.4) is 0 Å². The fraction of sp³-hybridized carbons (Fsp3) is 0.389. The smallest absolute Gasteiger partial charge is 0.155 e. The topological polar surface area (TPSA) is 46.3 Å². The minimum atomic E-state index is 0.329. The van der Waals surface area contributed by atoms with Crippen LogP contribution in [0.1, 0.15) is 42.4 Å². The molecule has 0 N–H and O–H groups in total. The van der Waals surface area contributed by atoms with Gasteiger partial charge in [0.1, 0.15) is 0 Å². The SMILES string of the molecule is Cc1cc(C2CCCCN2Cc2ccc(Cl)cn2)nc2ccnn12. The molecule has 0 spiro atoms. The number of fused-ring (bicyclic) bond motifs is 1. The molecule has 1 unspecified atom stereocenters. The molecule has 0 radical (unpaired) electrons. The van der Waals surface area contributed by atoms with Gasteiger partial charge in [-0.15, -0.1) is 0 Å². The van der Waals surface area contributed by atoms with Gasteiger partial charge in [0.15, 0.2) is 5.65 Å². The van der Waals surface area contributed by atoms with Crippen LogP contribution in [0.15, 0.2) is 36.7 Å². The van der Waals surface area contributed by atoms with Crippen LogP contribution in [0.4, 0.5) is 0 Å². The largest absolute Gasteiger partial charge is 0.289 e. The van der Waals surface area contributed by atoms with Gasteiger partial charge in [0.2, 0.25) is 0 Å². The van der Waals surface area contributed by atoms with Crippen molar-refractivity contribution in [3.8, 4) is 0 Å². The van der Waals surface area contributed by atoms with E-state index in [0.29, 0.717) is 11.1 Å². The lowest BCUT2D eigenvalue weighted by Crippen LogP contribution is -2.33. The summed E-state index contributed by atoms with van der Waals surface area (Å²) in [7, 11) is 0. The highest BCUT2D eigenvalue weighted by molar-refractivity contribution is 6.30. The molecule has 0 aromatic carbocycles. The molecule has 6 heteroatoms. The second-order valence-electron chi connectivity index (χ2n) is 6.37. The number of halogens is 1. The number of aromatic nitrogens is 4. The number of hydrogen-bond donors (Lipinski definition) is 0. The van der Waals surface area contributed by atoms with Crippen molar-refractivity contribution in [3.63, 3.8) is 0 Å². The minimum absolute atomic E-state index is 0.329. The molecular weight excluding hydrogens is 322 g/mol. The van der Waals surface area contributed by atoms with Gasteiger partial charge in [-0.2, -0.15) is 5.10 Å². The molecule has 0 amide bonds. The molecule has 1 aliphatic rings. The minimum Gasteiger partial charge on any atom is -0.289 e. The summed E-state index contributed by atoms with van der Waals surface area (Å²) in [6.07, 6.45) is 7.11. The standard InChI is InChI=1S/C18H20ClN5/c1-13-10-16(22-18-7-8-21-24(13)18)17-4-2-3-9-23(17)12-15-6-5-14(19)11-20-15/h5-8,10-11,17H,2-4,9,12H2,1H3. The molecule has 3 aromatic rings. The zero-order chi connectivity index (χ0) is 16.5. The van der Waals surface area contributed by atoms with E-state index in [0.717, 1.165) is 42.2 Å². The van der Waals surface area contributed by atoms with Crippen LogP contribution in [0.2, 0.25) is 5.02 Å². The average Bonchev–Trinajstić information content (AvgIpc) is 3.07. The Balaban J connectivity index is 1.64. The molecule has 0 saturated carbocycles. The summed E-state index contributed by atoms with van der Waals surface area (Å²) in [4.78, 5) is 11.8. The molecule has 5 nitrogen and oxygen atoms in total. The highest BCUT2D eigenvalue weighted by Gasteiger charge is 2.26. The van der Waals surface area contributed by atoms with Crippen LogP contribution >= 0.6 is 11.6 Å². The van der Waals surface area contributed by atoms with E-state index in [1.807, 2.05) is 22.7 Å². The third-order valence-electron chi connectivity index (χ3n) is 4.67. The molecule has 1 aliphatic heterocycles. The number of rotatable bonds is 3. The van der Waals surface area contributed by atoms with Gasteiger partial charge < -0.3 is 0 Å². The first kappa shape index (κ1) is 15.5. The predicted octanol–water partition coefficient (Wildman–Crippen LogP) is 3.81. The van der Waals surface area contributed by atoms with E-state index in [4.69, 9.17) is 16.6 Å². The molecule has 1 atom stereocenters. The molecule has 124 valence electrons. The van der Waals surface area contributed by atoms with Crippen molar-refractivity contribution < 1.29 is 0 Å². The second kappa shape index (κ2) is 6.49. The molecule has 24 heavy (non-hydrogen) atoms. The molecule has 4 heterocycles. The van der Waals surface area contributed by atoms with E-state index in [9.17, 15) is 0 Å². The van der Waals surface area contributed by atoms with Crippen molar-refractivity contribution in [2.24, 2.45) is 0 Å². The molecule has 4 rings (SSSR count). The van der Waals surface area contributed by atoms with Crippen LogP contribution in [0, 0.1) is 6.92 Å². The van der Waals surface area contributed by atoms with Gasteiger partial charge in [-0.3, -0.25) is 9.88 Å². The highest BCUT2D eigenvalue weighted by Crippen LogP contribution is 2.31. The Labute approximate surface area is 146 Å². The van der Waals surface area contributed by atoms with E-state index >= 15 is 0 Å². The van der Waals surface area contributed by atoms with Gasteiger partial charge in [-0.1, -0.05) is 18.0 Å². The molecule has 0 aliphatic carbocycles. The number of piperidine rings is 1. The van der Waals surface area contributed by atoms with Crippen LogP contribution in [0.25, 0.3) is 5.65 Å². The van der Waals surface area contributed by atoms with Gasteiger partial charge >= 0.3 is 0 Å². The van der Waals surface area contributed by atoms with E-state index in [1.54, 1.807) is 12.4 Å². The number of hydrogen-bond acceptors (Lipinski definition) is 4. The quantitative estimate of drug-likeness (QED) is 0.726. The maximum atomic E-state index is 5.95. The Morgan fingerprint density at radius 1 is 1.25 bits per heavy atom. The Morgan fingerprint density at radius 2 is 2.17 bits per heavy atom. The number of pyridine rings is 1. The van der Waals surface area contributed by atoms with Crippen molar-refractivity contribution in [1.82, 2.24) is 24.5 Å². The monoisotopic (exact) mass is 341 g/mol. The van der Waals surface area contributed by atoms with Crippen LogP contribution in [-0.4, -0.2) is 31.0 Å². The van der Waals surface area contributed by atoms with E-state index < -0.39 is 0 Å². The maximum Gasteiger partial charge on any atom is 0.155 e. The Morgan fingerprint density at radius 3 is 3.00 bits per heavy atom.